The summed E-state index contributed by atoms with van der Waals surface area (Å²) in [5.74, 6) is 0.522. The van der Waals surface area contributed by atoms with E-state index < -0.39 is 0 Å². The van der Waals surface area contributed by atoms with Crippen LogP contribution < -0.4 is 0 Å². The first-order chi connectivity index (χ1) is 4.97. The van der Waals surface area contributed by atoms with Crippen LogP contribution in [-0.2, 0) is 0 Å². The molecule has 2 aromatic heterocycles. The summed E-state index contributed by atoms with van der Waals surface area (Å²) in [6.07, 6.45) is 2.99. The van der Waals surface area contributed by atoms with Crippen molar-refractivity contribution in [3.63, 3.8) is 0 Å². The molecule has 50 valence electrons. The fourth-order valence-electron chi connectivity index (χ4n) is 0.609. The Labute approximate surface area is 60.7 Å². The second-order valence-corrected chi connectivity index (χ2v) is 2.31. The fourth-order valence-corrected chi connectivity index (χ4v) is 1.12. The maximum Gasteiger partial charge on any atom is 0.249 e. The van der Waals surface area contributed by atoms with Crippen molar-refractivity contribution in [1.29, 1.82) is 0 Å². The molecule has 0 bridgehead atoms. The molecule has 0 unspecified atom stereocenters. The van der Waals surface area contributed by atoms with Crippen LogP contribution in [0.1, 0.15) is 0 Å². The molecule has 0 aliphatic carbocycles. The van der Waals surface area contributed by atoms with Gasteiger partial charge in [-0.15, -0.1) is 10.2 Å². The molecule has 0 fully saturated rings. The van der Waals surface area contributed by atoms with Crippen LogP contribution in [0.4, 0.5) is 0 Å². The van der Waals surface area contributed by atoms with Gasteiger partial charge >= 0.3 is 0 Å². The van der Waals surface area contributed by atoms with Gasteiger partial charge < -0.3 is 4.42 Å². The molecule has 0 spiro atoms. The molecule has 4 nitrogen and oxygen atoms in total. The van der Waals surface area contributed by atoms with Crippen LogP contribution >= 0.6 is 11.5 Å². The largest absolute Gasteiger partial charge is 0.423 e. The topological polar surface area (TPSA) is 51.8 Å². The number of hydrogen-bond donors (Lipinski definition) is 0. The molecule has 0 amide bonds. The maximum absolute atomic E-state index is 4.92. The summed E-state index contributed by atoms with van der Waals surface area (Å²) < 4.78 is 8.81. The smallest absolute Gasteiger partial charge is 0.249 e. The normalized spacial score (nSPS) is 10.0. The van der Waals surface area contributed by atoms with Gasteiger partial charge in [0.1, 0.15) is 0 Å². The van der Waals surface area contributed by atoms with Gasteiger partial charge in [-0.3, -0.25) is 0 Å². The van der Waals surface area contributed by atoms with E-state index in [1.807, 2.05) is 5.38 Å². The van der Waals surface area contributed by atoms with Crippen molar-refractivity contribution in [1.82, 2.24) is 14.6 Å². The highest BCUT2D eigenvalue weighted by Crippen LogP contribution is 2.15. The molecule has 2 aromatic rings. The Bertz CT molecular complexity index is 256. The summed E-state index contributed by atoms with van der Waals surface area (Å²) in [6.45, 7) is 0. The van der Waals surface area contributed by atoms with Crippen molar-refractivity contribution in [2.45, 2.75) is 0 Å². The van der Waals surface area contributed by atoms with E-state index in [1.165, 1.54) is 17.9 Å². The van der Waals surface area contributed by atoms with Crippen molar-refractivity contribution in [3.05, 3.63) is 18.0 Å². The lowest BCUT2D eigenvalue weighted by Gasteiger charge is -1.79. The Morgan fingerprint density at radius 2 is 2.50 bits per heavy atom. The lowest BCUT2D eigenvalue weighted by Crippen LogP contribution is -1.71. The van der Waals surface area contributed by atoms with E-state index >= 15 is 0 Å². The van der Waals surface area contributed by atoms with E-state index in [-0.39, 0.29) is 0 Å². The molecule has 2 rings (SSSR count). The quantitative estimate of drug-likeness (QED) is 0.617. The Balaban J connectivity index is 2.48. The van der Waals surface area contributed by atoms with Crippen LogP contribution in [-0.4, -0.2) is 14.6 Å². The van der Waals surface area contributed by atoms with Crippen LogP contribution in [0.3, 0.4) is 0 Å². The van der Waals surface area contributed by atoms with E-state index in [2.05, 4.69) is 14.6 Å². The fraction of sp³-hybridized carbons (Fsp3) is 0. The number of aromatic nitrogens is 3. The zero-order valence-electron chi connectivity index (χ0n) is 4.89. The summed E-state index contributed by atoms with van der Waals surface area (Å²) in [6, 6.07) is 0. The third-order valence-electron chi connectivity index (χ3n) is 1.04. The molecule has 0 saturated heterocycles. The predicted molar refractivity (Wildman–Crippen MR) is 35.4 cm³/mol. The van der Waals surface area contributed by atoms with Crippen molar-refractivity contribution >= 4 is 11.5 Å². The Morgan fingerprint density at radius 1 is 1.50 bits per heavy atom. The van der Waals surface area contributed by atoms with Gasteiger partial charge in [-0.25, -0.2) is 4.37 Å². The van der Waals surface area contributed by atoms with Gasteiger partial charge in [-0.2, -0.15) is 0 Å². The summed E-state index contributed by atoms with van der Waals surface area (Å²) in [5.41, 5.74) is 0.877. The van der Waals surface area contributed by atoms with Gasteiger partial charge in [-0.1, -0.05) is 0 Å². The standard InChI is InChI=1S/C5H3N3OS/c1-4(2-10-7-1)5-8-6-3-9-5/h1-3H. The zero-order valence-corrected chi connectivity index (χ0v) is 5.71. The number of rotatable bonds is 1. The van der Waals surface area contributed by atoms with Crippen LogP contribution in [0.15, 0.2) is 22.4 Å². The summed E-state index contributed by atoms with van der Waals surface area (Å²) >= 11 is 1.36. The highest BCUT2D eigenvalue weighted by molar-refractivity contribution is 7.03. The van der Waals surface area contributed by atoms with Crippen molar-refractivity contribution in [2.75, 3.05) is 0 Å². The second-order valence-electron chi connectivity index (χ2n) is 1.66. The van der Waals surface area contributed by atoms with E-state index in [0.717, 1.165) is 5.56 Å². The third kappa shape index (κ3) is 0.801. The monoisotopic (exact) mass is 153 g/mol. The van der Waals surface area contributed by atoms with Crippen molar-refractivity contribution in [3.8, 4) is 11.5 Å². The molecular weight excluding hydrogens is 150 g/mol. The maximum atomic E-state index is 4.92. The Kier molecular flexibility index (Phi) is 1.21. The predicted octanol–water partition coefficient (Wildman–Crippen LogP) is 1.19. The van der Waals surface area contributed by atoms with Gasteiger partial charge in [0, 0.05) is 5.38 Å². The van der Waals surface area contributed by atoms with E-state index in [1.54, 1.807) is 6.20 Å². The van der Waals surface area contributed by atoms with Crippen LogP contribution in [0.5, 0.6) is 0 Å². The average Bonchev–Trinajstić information content (AvgIpc) is 2.59. The minimum atomic E-state index is 0.522. The number of hydrogen-bond acceptors (Lipinski definition) is 5. The molecule has 0 saturated carbocycles. The Hall–Kier alpha value is -1.23. The molecule has 0 N–H and O–H groups in total. The molecule has 0 radical (unpaired) electrons. The first-order valence-corrected chi connectivity index (χ1v) is 3.46. The minimum absolute atomic E-state index is 0.522. The van der Waals surface area contributed by atoms with Crippen LogP contribution in [0.25, 0.3) is 11.5 Å². The lowest BCUT2D eigenvalue weighted by molar-refractivity contribution is 0.569. The molecular formula is C5H3N3OS. The number of nitrogens with zero attached hydrogens (tertiary/aromatic N) is 3. The zero-order chi connectivity index (χ0) is 6.81. The van der Waals surface area contributed by atoms with Gasteiger partial charge in [0.2, 0.25) is 12.3 Å². The SMILES string of the molecule is c1nnc(-c2cnsc2)o1. The summed E-state index contributed by atoms with van der Waals surface area (Å²) in [5, 5.41) is 9.10. The first-order valence-electron chi connectivity index (χ1n) is 2.63. The van der Waals surface area contributed by atoms with Crippen molar-refractivity contribution < 1.29 is 4.42 Å². The molecule has 10 heavy (non-hydrogen) atoms. The molecule has 0 aliphatic rings. The molecule has 5 heteroatoms. The van der Waals surface area contributed by atoms with Gasteiger partial charge in [-0.05, 0) is 11.5 Å². The van der Waals surface area contributed by atoms with Gasteiger partial charge in [0.25, 0.3) is 0 Å². The Morgan fingerprint density at radius 3 is 3.10 bits per heavy atom. The third-order valence-corrected chi connectivity index (χ3v) is 1.63. The van der Waals surface area contributed by atoms with Gasteiger partial charge in [0.05, 0.1) is 11.8 Å². The summed E-state index contributed by atoms with van der Waals surface area (Å²) in [4.78, 5) is 0. The summed E-state index contributed by atoms with van der Waals surface area (Å²) in [7, 11) is 0. The molecule has 0 aliphatic heterocycles. The first kappa shape index (κ1) is 5.55. The van der Waals surface area contributed by atoms with Crippen LogP contribution in [0.2, 0.25) is 0 Å². The lowest BCUT2D eigenvalue weighted by atomic mass is 10.4. The van der Waals surface area contributed by atoms with E-state index in [4.69, 9.17) is 4.42 Å². The molecule has 2 heterocycles. The highest BCUT2D eigenvalue weighted by atomic mass is 32.1. The minimum Gasteiger partial charge on any atom is -0.423 e. The average molecular weight is 153 g/mol. The van der Waals surface area contributed by atoms with Crippen molar-refractivity contribution in [2.24, 2.45) is 0 Å². The van der Waals surface area contributed by atoms with E-state index in [0.29, 0.717) is 5.89 Å². The second kappa shape index (κ2) is 2.18. The molecule has 0 aromatic carbocycles. The van der Waals surface area contributed by atoms with Crippen LogP contribution in [0, 0.1) is 0 Å². The van der Waals surface area contributed by atoms with Gasteiger partial charge in [0.15, 0.2) is 0 Å². The highest BCUT2D eigenvalue weighted by Gasteiger charge is 2.02. The molecule has 0 atom stereocenters. The van der Waals surface area contributed by atoms with E-state index in [9.17, 15) is 0 Å².